The Labute approximate surface area is 94.7 Å². The van der Waals surface area contributed by atoms with Gasteiger partial charge in [0.1, 0.15) is 0 Å². The van der Waals surface area contributed by atoms with E-state index in [-0.39, 0.29) is 0 Å². The molecule has 1 saturated heterocycles. The third-order valence-electron chi connectivity index (χ3n) is 3.33. The Morgan fingerprint density at radius 1 is 1.31 bits per heavy atom. The van der Waals surface area contributed by atoms with Gasteiger partial charge in [-0.2, -0.15) is 0 Å². The second-order valence-corrected chi connectivity index (χ2v) is 4.23. The highest BCUT2D eigenvalue weighted by molar-refractivity contribution is 5.81. The first-order valence-electron chi connectivity index (χ1n) is 5.60. The van der Waals surface area contributed by atoms with E-state index in [9.17, 15) is 9.90 Å². The summed E-state index contributed by atoms with van der Waals surface area (Å²) in [6.45, 7) is 1.66. The highest BCUT2D eigenvalue weighted by Gasteiger charge is 2.40. The summed E-state index contributed by atoms with van der Waals surface area (Å²) in [6, 6.07) is 3.64. The van der Waals surface area contributed by atoms with Crippen molar-refractivity contribution in [3.8, 4) is 0 Å². The second kappa shape index (κ2) is 4.61. The molecule has 1 atom stereocenters. The van der Waals surface area contributed by atoms with Crippen LogP contribution in [0.2, 0.25) is 0 Å². The van der Waals surface area contributed by atoms with E-state index in [0.29, 0.717) is 12.8 Å². The van der Waals surface area contributed by atoms with Crippen LogP contribution >= 0.6 is 0 Å². The van der Waals surface area contributed by atoms with Gasteiger partial charge in [0.15, 0.2) is 0 Å². The summed E-state index contributed by atoms with van der Waals surface area (Å²) in [5.41, 5.74) is 0.144. The van der Waals surface area contributed by atoms with Crippen molar-refractivity contribution in [2.75, 3.05) is 13.1 Å². The predicted molar refractivity (Wildman–Crippen MR) is 60.3 cm³/mol. The lowest BCUT2D eigenvalue weighted by molar-refractivity contribution is -0.144. The van der Waals surface area contributed by atoms with Crippen LogP contribution in [-0.4, -0.2) is 29.1 Å². The van der Waals surface area contributed by atoms with E-state index < -0.39 is 11.4 Å². The van der Waals surface area contributed by atoms with Crippen LogP contribution in [0.15, 0.2) is 24.5 Å². The van der Waals surface area contributed by atoms with Crippen molar-refractivity contribution in [3.05, 3.63) is 30.1 Å². The van der Waals surface area contributed by atoms with Gasteiger partial charge in [0.2, 0.25) is 0 Å². The first-order valence-corrected chi connectivity index (χ1v) is 5.60. The van der Waals surface area contributed by atoms with Crippen LogP contribution in [0, 0.1) is 0 Å². The molecule has 86 valence electrons. The molecular formula is C12H16N2O2. The molecule has 2 N–H and O–H groups in total. The fraction of sp³-hybridized carbons (Fsp3) is 0.500. The second-order valence-electron chi connectivity index (χ2n) is 4.23. The molecule has 16 heavy (non-hydrogen) atoms. The lowest BCUT2D eigenvalue weighted by Gasteiger charge is -2.28. The van der Waals surface area contributed by atoms with E-state index >= 15 is 0 Å². The van der Waals surface area contributed by atoms with Crippen molar-refractivity contribution in [1.82, 2.24) is 10.3 Å². The largest absolute Gasteiger partial charge is 0.481 e. The molecule has 0 saturated carbocycles. The van der Waals surface area contributed by atoms with Gasteiger partial charge in [0.05, 0.1) is 5.41 Å². The monoisotopic (exact) mass is 220 g/mol. The van der Waals surface area contributed by atoms with Crippen LogP contribution in [0.1, 0.15) is 24.8 Å². The molecule has 4 nitrogen and oxygen atoms in total. The van der Waals surface area contributed by atoms with Crippen molar-refractivity contribution in [2.24, 2.45) is 0 Å². The van der Waals surface area contributed by atoms with Crippen LogP contribution in [0.25, 0.3) is 0 Å². The molecule has 0 aliphatic carbocycles. The van der Waals surface area contributed by atoms with E-state index in [4.69, 9.17) is 0 Å². The Bertz CT molecular complexity index is 357. The van der Waals surface area contributed by atoms with Gasteiger partial charge in [-0.05, 0) is 50.0 Å². The Hall–Kier alpha value is -1.42. The number of carboxylic acids is 1. The van der Waals surface area contributed by atoms with Gasteiger partial charge in [-0.3, -0.25) is 9.78 Å². The summed E-state index contributed by atoms with van der Waals surface area (Å²) in [4.78, 5) is 15.5. The first-order chi connectivity index (χ1) is 7.76. The van der Waals surface area contributed by atoms with E-state index in [1.165, 1.54) is 0 Å². The maximum absolute atomic E-state index is 11.6. The smallest absolute Gasteiger partial charge is 0.314 e. The number of hydrogen-bond acceptors (Lipinski definition) is 3. The molecule has 1 aromatic rings. The van der Waals surface area contributed by atoms with Gasteiger partial charge in [-0.25, -0.2) is 0 Å². The Balaban J connectivity index is 2.38. The Morgan fingerprint density at radius 2 is 2.06 bits per heavy atom. The lowest BCUT2D eigenvalue weighted by atomic mass is 9.75. The van der Waals surface area contributed by atoms with E-state index in [0.717, 1.165) is 25.1 Å². The zero-order chi connectivity index (χ0) is 11.4. The molecule has 0 bridgehead atoms. The predicted octanol–water partition coefficient (Wildman–Crippen LogP) is 1.18. The molecule has 0 radical (unpaired) electrons. The van der Waals surface area contributed by atoms with Gasteiger partial charge >= 0.3 is 5.97 Å². The van der Waals surface area contributed by atoms with Gasteiger partial charge in [0, 0.05) is 12.4 Å². The summed E-state index contributed by atoms with van der Waals surface area (Å²) in [5, 5.41) is 12.8. The van der Waals surface area contributed by atoms with Crippen LogP contribution in [-0.2, 0) is 10.2 Å². The SMILES string of the molecule is O=C(O)C1(c2ccncc2)CCCNCC1. The van der Waals surface area contributed by atoms with Crippen LogP contribution in [0.3, 0.4) is 0 Å². The van der Waals surface area contributed by atoms with Crippen LogP contribution in [0.4, 0.5) is 0 Å². The van der Waals surface area contributed by atoms with Crippen molar-refractivity contribution in [1.29, 1.82) is 0 Å². The number of nitrogens with one attached hydrogen (secondary N) is 1. The number of carboxylic acid groups (broad SMARTS) is 1. The number of nitrogens with zero attached hydrogens (tertiary/aromatic N) is 1. The van der Waals surface area contributed by atoms with Crippen molar-refractivity contribution < 1.29 is 9.90 Å². The Morgan fingerprint density at radius 3 is 2.75 bits per heavy atom. The fourth-order valence-electron chi connectivity index (χ4n) is 2.36. The zero-order valence-corrected chi connectivity index (χ0v) is 9.15. The summed E-state index contributed by atoms with van der Waals surface area (Å²) in [5.74, 6) is -0.720. The standard InChI is InChI=1S/C12H16N2O2/c15-11(16)12(4-1-6-13-9-5-12)10-2-7-14-8-3-10/h2-3,7-8,13H,1,4-6,9H2,(H,15,16). The number of aliphatic carboxylic acids is 1. The summed E-state index contributed by atoms with van der Waals surface area (Å²) < 4.78 is 0. The summed E-state index contributed by atoms with van der Waals surface area (Å²) >= 11 is 0. The molecule has 1 unspecified atom stereocenters. The molecule has 2 rings (SSSR count). The van der Waals surface area contributed by atoms with Crippen LogP contribution in [0.5, 0.6) is 0 Å². The average molecular weight is 220 g/mol. The summed E-state index contributed by atoms with van der Waals surface area (Å²) in [7, 11) is 0. The number of aromatic nitrogens is 1. The number of hydrogen-bond donors (Lipinski definition) is 2. The first kappa shape index (κ1) is 11.1. The highest BCUT2D eigenvalue weighted by Crippen LogP contribution is 2.34. The Kier molecular flexibility index (Phi) is 3.19. The minimum Gasteiger partial charge on any atom is -0.481 e. The van der Waals surface area contributed by atoms with Gasteiger partial charge < -0.3 is 10.4 Å². The van der Waals surface area contributed by atoms with Crippen molar-refractivity contribution >= 4 is 5.97 Å². The quantitative estimate of drug-likeness (QED) is 0.785. The van der Waals surface area contributed by atoms with Crippen LogP contribution < -0.4 is 5.32 Å². The number of carbonyl (C=O) groups is 1. The zero-order valence-electron chi connectivity index (χ0n) is 9.15. The number of pyridine rings is 1. The maximum atomic E-state index is 11.6. The maximum Gasteiger partial charge on any atom is 0.314 e. The number of rotatable bonds is 2. The molecule has 1 aliphatic rings. The molecule has 0 amide bonds. The average Bonchev–Trinajstić information content (AvgIpc) is 2.56. The summed E-state index contributed by atoms with van der Waals surface area (Å²) in [6.07, 6.45) is 5.57. The minimum atomic E-state index is -0.730. The van der Waals surface area contributed by atoms with Crippen molar-refractivity contribution in [2.45, 2.75) is 24.7 Å². The van der Waals surface area contributed by atoms with E-state index in [1.54, 1.807) is 12.4 Å². The minimum absolute atomic E-state index is 0.645. The molecule has 0 aromatic carbocycles. The fourth-order valence-corrected chi connectivity index (χ4v) is 2.36. The third kappa shape index (κ3) is 1.93. The van der Waals surface area contributed by atoms with Crippen molar-refractivity contribution in [3.63, 3.8) is 0 Å². The topological polar surface area (TPSA) is 62.2 Å². The molecular weight excluding hydrogens is 204 g/mol. The lowest BCUT2D eigenvalue weighted by Crippen LogP contribution is -2.36. The third-order valence-corrected chi connectivity index (χ3v) is 3.33. The molecule has 4 heteroatoms. The van der Waals surface area contributed by atoms with Gasteiger partial charge in [-0.15, -0.1) is 0 Å². The normalized spacial score (nSPS) is 26.0. The molecule has 1 fully saturated rings. The van der Waals surface area contributed by atoms with E-state index in [1.807, 2.05) is 12.1 Å². The molecule has 1 aliphatic heterocycles. The highest BCUT2D eigenvalue weighted by atomic mass is 16.4. The molecule has 0 spiro atoms. The molecule has 1 aromatic heterocycles. The molecule has 2 heterocycles. The van der Waals surface area contributed by atoms with Gasteiger partial charge in [0.25, 0.3) is 0 Å². The van der Waals surface area contributed by atoms with Gasteiger partial charge in [-0.1, -0.05) is 0 Å². The van der Waals surface area contributed by atoms with E-state index in [2.05, 4.69) is 10.3 Å².